The lowest BCUT2D eigenvalue weighted by atomic mass is 10.0. The van der Waals surface area contributed by atoms with Crippen molar-refractivity contribution in [2.24, 2.45) is 0 Å². The van der Waals surface area contributed by atoms with E-state index in [9.17, 15) is 14.4 Å². The van der Waals surface area contributed by atoms with Gasteiger partial charge in [0.05, 0.1) is 0 Å². The van der Waals surface area contributed by atoms with E-state index in [1.807, 2.05) is 0 Å². The van der Waals surface area contributed by atoms with Gasteiger partial charge in [0.25, 0.3) is 0 Å². The van der Waals surface area contributed by atoms with Crippen LogP contribution < -0.4 is 0 Å². The third kappa shape index (κ3) is 50.2. The Bertz CT molecular complexity index is 1110. The Morgan fingerprint density at radius 2 is 0.635 bits per heavy atom. The Labute approximate surface area is 390 Å². The molecular weight excluding hydrogens is 781 g/mol. The molecule has 6 nitrogen and oxygen atoms in total. The van der Waals surface area contributed by atoms with Gasteiger partial charge in [-0.05, 0) is 70.6 Å². The van der Waals surface area contributed by atoms with E-state index < -0.39 is 6.10 Å². The van der Waals surface area contributed by atoms with Gasteiger partial charge in [-0.2, -0.15) is 0 Å². The molecule has 0 spiro atoms. The fraction of sp³-hybridized carbons (Fsp3) is 0.807. The molecule has 0 aliphatic carbocycles. The summed E-state index contributed by atoms with van der Waals surface area (Å²) in [6.45, 7) is 6.49. The Hall–Kier alpha value is -2.63. The first kappa shape index (κ1) is 60.4. The number of unbranched alkanes of at least 4 members (excludes halogenated alkanes) is 30. The number of allylic oxidation sites excluding steroid dienone is 8. The maximum atomic E-state index is 12.8. The van der Waals surface area contributed by atoms with Crippen LogP contribution in [0, 0.1) is 0 Å². The largest absolute Gasteiger partial charge is 0.462 e. The Kier molecular flexibility index (Phi) is 49.8. The van der Waals surface area contributed by atoms with Crippen molar-refractivity contribution < 1.29 is 28.6 Å². The van der Waals surface area contributed by atoms with Gasteiger partial charge in [0, 0.05) is 19.3 Å². The van der Waals surface area contributed by atoms with Gasteiger partial charge >= 0.3 is 17.9 Å². The maximum Gasteiger partial charge on any atom is 0.306 e. The molecule has 0 aromatic rings. The monoisotopic (exact) mass is 883 g/mol. The van der Waals surface area contributed by atoms with Gasteiger partial charge in [0.1, 0.15) is 13.2 Å². The fourth-order valence-corrected chi connectivity index (χ4v) is 7.76. The molecule has 0 aromatic carbocycles. The second-order valence-corrected chi connectivity index (χ2v) is 18.1. The van der Waals surface area contributed by atoms with Gasteiger partial charge < -0.3 is 14.2 Å². The molecule has 0 fully saturated rings. The van der Waals surface area contributed by atoms with Crippen LogP contribution in [-0.4, -0.2) is 37.2 Å². The molecule has 0 aromatic heterocycles. The Morgan fingerprint density at radius 1 is 0.333 bits per heavy atom. The van der Waals surface area contributed by atoms with Crippen LogP contribution >= 0.6 is 0 Å². The summed E-state index contributed by atoms with van der Waals surface area (Å²) in [5.41, 5.74) is 0. The van der Waals surface area contributed by atoms with Gasteiger partial charge in [-0.25, -0.2) is 0 Å². The second kappa shape index (κ2) is 52.0. The van der Waals surface area contributed by atoms with E-state index in [0.29, 0.717) is 19.3 Å². The maximum absolute atomic E-state index is 12.8. The van der Waals surface area contributed by atoms with Crippen LogP contribution in [0.2, 0.25) is 0 Å². The zero-order valence-electron chi connectivity index (χ0n) is 41.8. The predicted molar refractivity (Wildman–Crippen MR) is 270 cm³/mol. The molecule has 0 amide bonds. The highest BCUT2D eigenvalue weighted by Gasteiger charge is 2.19. The summed E-state index contributed by atoms with van der Waals surface area (Å²) in [5.74, 6) is -0.945. The van der Waals surface area contributed by atoms with Crippen molar-refractivity contribution in [3.63, 3.8) is 0 Å². The molecule has 0 saturated heterocycles. The number of carbonyl (C=O) groups excluding carboxylic acids is 3. The second-order valence-electron chi connectivity index (χ2n) is 18.1. The van der Waals surface area contributed by atoms with Crippen molar-refractivity contribution in [1.82, 2.24) is 0 Å². The summed E-state index contributed by atoms with van der Waals surface area (Å²) < 4.78 is 16.8. The lowest BCUT2D eigenvalue weighted by Gasteiger charge is -2.18. The predicted octanol–water partition coefficient (Wildman–Crippen LogP) is 17.9. The third-order valence-electron chi connectivity index (χ3n) is 11.8. The van der Waals surface area contributed by atoms with E-state index in [2.05, 4.69) is 69.4 Å². The molecule has 0 aliphatic rings. The topological polar surface area (TPSA) is 78.9 Å². The zero-order chi connectivity index (χ0) is 45.8. The molecule has 63 heavy (non-hydrogen) atoms. The Balaban J connectivity index is 4.35. The van der Waals surface area contributed by atoms with E-state index in [4.69, 9.17) is 14.2 Å². The molecule has 366 valence electrons. The summed E-state index contributed by atoms with van der Waals surface area (Å²) in [6.07, 6.45) is 62.6. The average molecular weight is 883 g/mol. The third-order valence-corrected chi connectivity index (χ3v) is 11.8. The summed E-state index contributed by atoms with van der Waals surface area (Å²) in [7, 11) is 0. The number of hydrogen-bond acceptors (Lipinski definition) is 6. The summed E-state index contributed by atoms with van der Waals surface area (Å²) in [5, 5.41) is 0. The van der Waals surface area contributed by atoms with Crippen molar-refractivity contribution in [2.75, 3.05) is 13.2 Å². The molecule has 6 heteroatoms. The van der Waals surface area contributed by atoms with Crippen molar-refractivity contribution in [3.8, 4) is 0 Å². The molecule has 0 saturated carbocycles. The van der Waals surface area contributed by atoms with Crippen molar-refractivity contribution in [2.45, 2.75) is 284 Å². The number of carbonyl (C=O) groups is 3. The first-order valence-electron chi connectivity index (χ1n) is 27.1. The van der Waals surface area contributed by atoms with Crippen LogP contribution in [0.15, 0.2) is 48.6 Å². The molecule has 0 heterocycles. The summed E-state index contributed by atoms with van der Waals surface area (Å²) in [6, 6.07) is 0. The SMILES string of the molecule is CC/C=C\C/C=C\C/C=C\CCCC(=O)OCC(COC(=O)CCCCCCCCCCCCCCCCCCCC)OC(=O)CCCCCCC/C=C\CCCCCCCCC. The first-order chi connectivity index (χ1) is 31.0. The van der Waals surface area contributed by atoms with Crippen molar-refractivity contribution in [1.29, 1.82) is 0 Å². The van der Waals surface area contributed by atoms with E-state index >= 15 is 0 Å². The van der Waals surface area contributed by atoms with E-state index in [-0.39, 0.29) is 37.5 Å². The molecule has 0 bridgehead atoms. The highest BCUT2D eigenvalue weighted by Crippen LogP contribution is 2.16. The highest BCUT2D eigenvalue weighted by molar-refractivity contribution is 5.71. The molecule has 0 radical (unpaired) electrons. The van der Waals surface area contributed by atoms with Gasteiger partial charge in [-0.3, -0.25) is 14.4 Å². The summed E-state index contributed by atoms with van der Waals surface area (Å²) >= 11 is 0. The Morgan fingerprint density at radius 3 is 1.05 bits per heavy atom. The van der Waals surface area contributed by atoms with Crippen LogP contribution in [0.5, 0.6) is 0 Å². The van der Waals surface area contributed by atoms with E-state index in [1.54, 1.807) is 0 Å². The molecule has 0 rings (SSSR count). The highest BCUT2D eigenvalue weighted by atomic mass is 16.6. The number of rotatable bonds is 49. The molecule has 1 atom stereocenters. The van der Waals surface area contributed by atoms with Crippen molar-refractivity contribution >= 4 is 17.9 Å². The van der Waals surface area contributed by atoms with E-state index in [0.717, 1.165) is 77.0 Å². The zero-order valence-corrected chi connectivity index (χ0v) is 41.8. The minimum absolute atomic E-state index is 0.0894. The van der Waals surface area contributed by atoms with Gasteiger partial charge in [-0.15, -0.1) is 0 Å². The molecule has 1 unspecified atom stereocenters. The van der Waals surface area contributed by atoms with Gasteiger partial charge in [-0.1, -0.05) is 236 Å². The van der Waals surface area contributed by atoms with Crippen LogP contribution in [0.25, 0.3) is 0 Å². The average Bonchev–Trinajstić information content (AvgIpc) is 3.28. The van der Waals surface area contributed by atoms with Crippen LogP contribution in [0.4, 0.5) is 0 Å². The minimum Gasteiger partial charge on any atom is -0.462 e. The smallest absolute Gasteiger partial charge is 0.306 e. The first-order valence-corrected chi connectivity index (χ1v) is 27.1. The van der Waals surface area contributed by atoms with Crippen LogP contribution in [-0.2, 0) is 28.6 Å². The number of hydrogen-bond donors (Lipinski definition) is 0. The lowest BCUT2D eigenvalue weighted by Crippen LogP contribution is -2.30. The molecular formula is C57H102O6. The normalized spacial score (nSPS) is 12.4. The fourth-order valence-electron chi connectivity index (χ4n) is 7.76. The van der Waals surface area contributed by atoms with Crippen LogP contribution in [0.3, 0.4) is 0 Å². The van der Waals surface area contributed by atoms with Gasteiger partial charge in [0.15, 0.2) is 6.10 Å². The number of esters is 3. The molecule has 0 aliphatic heterocycles. The number of ether oxygens (including phenoxy) is 3. The molecule has 0 N–H and O–H groups in total. The lowest BCUT2D eigenvalue weighted by molar-refractivity contribution is -0.167. The van der Waals surface area contributed by atoms with Crippen LogP contribution in [0.1, 0.15) is 278 Å². The van der Waals surface area contributed by atoms with E-state index in [1.165, 1.54) is 154 Å². The quantitative estimate of drug-likeness (QED) is 0.0262. The minimum atomic E-state index is -0.794. The summed E-state index contributed by atoms with van der Waals surface area (Å²) in [4.78, 5) is 38.0. The standard InChI is InChI=1S/C57H102O6/c1-4-7-10-13-16-19-22-24-26-28-29-31-32-35-38-41-44-47-50-56(59)62-53-54(52-61-55(58)49-46-43-40-37-34-21-18-15-12-9-6-3)63-57(60)51-48-45-42-39-36-33-30-27-25-23-20-17-14-11-8-5-2/h9,12,18,21,27,30,37,40,54H,4-8,10-11,13-17,19-20,22-26,28-29,31-36,38-39,41-53H2,1-3H3/b12-9-,21-18-,30-27-,40-37-. The van der Waals surface area contributed by atoms with Gasteiger partial charge in [0.2, 0.25) is 0 Å². The van der Waals surface area contributed by atoms with Crippen molar-refractivity contribution in [3.05, 3.63) is 48.6 Å².